The highest BCUT2D eigenvalue weighted by Gasteiger charge is 2.21. The van der Waals surface area contributed by atoms with Crippen LogP contribution in [-0.2, 0) is 16.1 Å². The molecule has 8 nitrogen and oxygen atoms in total. The topological polar surface area (TPSA) is 99.9 Å². The van der Waals surface area contributed by atoms with E-state index in [1.165, 1.54) is 44.6 Å². The van der Waals surface area contributed by atoms with E-state index in [-0.39, 0.29) is 13.0 Å². The number of hydrogen-bond acceptors (Lipinski definition) is 7. The zero-order valence-corrected chi connectivity index (χ0v) is 18.8. The number of rotatable bonds is 9. The van der Waals surface area contributed by atoms with Crippen LogP contribution < -0.4 is 14.8 Å². The number of esters is 1. The van der Waals surface area contributed by atoms with Gasteiger partial charge in [0.15, 0.2) is 11.5 Å². The molecule has 0 saturated carbocycles. The number of ether oxygens (including phenoxy) is 3. The number of nitrogens with zero attached hydrogens (tertiary/aromatic N) is 1. The Morgan fingerprint density at radius 2 is 1.82 bits per heavy atom. The molecule has 2 aromatic carbocycles. The van der Waals surface area contributed by atoms with Crippen LogP contribution in [0.5, 0.6) is 11.5 Å². The van der Waals surface area contributed by atoms with Crippen molar-refractivity contribution in [3.05, 3.63) is 76.4 Å². The highest BCUT2D eigenvalue weighted by atomic mass is 19.1. The van der Waals surface area contributed by atoms with Gasteiger partial charge in [0.05, 0.1) is 37.9 Å². The van der Waals surface area contributed by atoms with Gasteiger partial charge in [-0.15, -0.1) is 0 Å². The first kappa shape index (κ1) is 23.8. The second-order valence-electron chi connectivity index (χ2n) is 7.31. The maximum atomic E-state index is 13.3. The van der Waals surface area contributed by atoms with Crippen molar-refractivity contribution in [1.29, 1.82) is 0 Å². The number of aromatic nitrogens is 1. The van der Waals surface area contributed by atoms with Gasteiger partial charge in [-0.1, -0.05) is 17.3 Å². The van der Waals surface area contributed by atoms with Gasteiger partial charge in [-0.2, -0.15) is 0 Å². The molecule has 1 aromatic heterocycles. The fourth-order valence-electron chi connectivity index (χ4n) is 3.22. The van der Waals surface area contributed by atoms with Crippen molar-refractivity contribution in [2.45, 2.75) is 32.9 Å². The molecule has 9 heteroatoms. The number of carbonyl (C=O) groups excluding carboxylic acids is 2. The van der Waals surface area contributed by atoms with Crippen LogP contribution in [0.15, 0.2) is 47.0 Å². The molecule has 0 aliphatic heterocycles. The lowest BCUT2D eigenvalue weighted by Gasteiger charge is -2.19. The summed E-state index contributed by atoms with van der Waals surface area (Å²) in [6.07, 6.45) is -0.108. The molecule has 0 radical (unpaired) electrons. The second-order valence-corrected chi connectivity index (χ2v) is 7.31. The highest BCUT2D eigenvalue weighted by Crippen LogP contribution is 2.30. The van der Waals surface area contributed by atoms with Gasteiger partial charge in [0.25, 0.3) is 5.91 Å². The number of carbonyl (C=O) groups is 2. The van der Waals surface area contributed by atoms with Crippen molar-refractivity contribution in [2.75, 3.05) is 14.2 Å². The Balaban J connectivity index is 1.77. The largest absolute Gasteiger partial charge is 0.493 e. The van der Waals surface area contributed by atoms with E-state index in [9.17, 15) is 14.0 Å². The predicted octanol–water partition coefficient (Wildman–Crippen LogP) is 4.05. The Kier molecular flexibility index (Phi) is 7.66. The Hall–Kier alpha value is -3.88. The SMILES string of the molecule is COC(=O)CC(NC(=O)c1ccc(OCc2c(C)noc2C)c(OC)c1)c1ccc(F)cc1. The van der Waals surface area contributed by atoms with Crippen LogP contribution in [0.4, 0.5) is 4.39 Å². The normalized spacial score (nSPS) is 11.5. The van der Waals surface area contributed by atoms with Crippen molar-refractivity contribution < 1.29 is 32.7 Å². The van der Waals surface area contributed by atoms with Crippen LogP contribution in [0.25, 0.3) is 0 Å². The Bertz CT molecular complexity index is 1110. The zero-order chi connectivity index (χ0) is 24.0. The maximum Gasteiger partial charge on any atom is 0.307 e. The summed E-state index contributed by atoms with van der Waals surface area (Å²) in [5, 5.41) is 6.69. The van der Waals surface area contributed by atoms with Crippen LogP contribution in [0.2, 0.25) is 0 Å². The summed E-state index contributed by atoms with van der Waals surface area (Å²) in [6.45, 7) is 3.86. The Morgan fingerprint density at radius 1 is 1.09 bits per heavy atom. The summed E-state index contributed by atoms with van der Waals surface area (Å²) in [4.78, 5) is 24.8. The number of aryl methyl sites for hydroxylation is 2. The highest BCUT2D eigenvalue weighted by molar-refractivity contribution is 5.95. The van der Waals surface area contributed by atoms with E-state index in [1.54, 1.807) is 19.1 Å². The molecule has 1 unspecified atom stereocenters. The van der Waals surface area contributed by atoms with Crippen molar-refractivity contribution in [3.8, 4) is 11.5 Å². The van der Waals surface area contributed by atoms with Gasteiger partial charge in [-0.25, -0.2) is 4.39 Å². The van der Waals surface area contributed by atoms with Crippen LogP contribution in [0, 0.1) is 19.7 Å². The van der Waals surface area contributed by atoms with E-state index in [4.69, 9.17) is 18.7 Å². The van der Waals surface area contributed by atoms with Gasteiger partial charge in [0.1, 0.15) is 18.2 Å². The molecule has 3 aromatic rings. The van der Waals surface area contributed by atoms with Gasteiger partial charge in [-0.3, -0.25) is 9.59 Å². The molecule has 0 aliphatic rings. The summed E-state index contributed by atoms with van der Waals surface area (Å²) in [7, 11) is 2.73. The minimum absolute atomic E-state index is 0.108. The van der Waals surface area contributed by atoms with Crippen molar-refractivity contribution in [3.63, 3.8) is 0 Å². The first-order valence-corrected chi connectivity index (χ1v) is 10.2. The fraction of sp³-hybridized carbons (Fsp3) is 0.292. The molecule has 1 N–H and O–H groups in total. The molecular formula is C24H25FN2O6. The Labute approximate surface area is 190 Å². The zero-order valence-electron chi connectivity index (χ0n) is 18.8. The monoisotopic (exact) mass is 456 g/mol. The van der Waals surface area contributed by atoms with Crippen LogP contribution in [0.1, 0.15) is 45.4 Å². The lowest BCUT2D eigenvalue weighted by Crippen LogP contribution is -2.30. The first-order chi connectivity index (χ1) is 15.8. The molecule has 0 spiro atoms. The van der Waals surface area contributed by atoms with Gasteiger partial charge >= 0.3 is 5.97 Å². The minimum atomic E-state index is -0.702. The lowest BCUT2D eigenvalue weighted by atomic mass is 10.0. The van der Waals surface area contributed by atoms with Crippen molar-refractivity contribution in [1.82, 2.24) is 10.5 Å². The molecule has 0 bridgehead atoms. The van der Waals surface area contributed by atoms with Crippen LogP contribution in [-0.4, -0.2) is 31.3 Å². The number of amides is 1. The summed E-state index contributed by atoms with van der Waals surface area (Å²) < 4.78 is 34.4. The van der Waals surface area contributed by atoms with E-state index >= 15 is 0 Å². The molecule has 0 fully saturated rings. The van der Waals surface area contributed by atoms with Crippen molar-refractivity contribution in [2.24, 2.45) is 0 Å². The van der Waals surface area contributed by atoms with E-state index in [2.05, 4.69) is 10.5 Å². The van der Waals surface area contributed by atoms with E-state index < -0.39 is 23.7 Å². The molecular weight excluding hydrogens is 431 g/mol. The molecule has 1 atom stereocenters. The van der Waals surface area contributed by atoms with Crippen molar-refractivity contribution >= 4 is 11.9 Å². The average molecular weight is 456 g/mol. The van der Waals surface area contributed by atoms with Crippen LogP contribution >= 0.6 is 0 Å². The summed E-state index contributed by atoms with van der Waals surface area (Å²) in [5.74, 6) is 0.104. The number of hydrogen-bond donors (Lipinski definition) is 1. The molecule has 1 heterocycles. The molecule has 0 saturated heterocycles. The van der Waals surface area contributed by atoms with Crippen LogP contribution in [0.3, 0.4) is 0 Å². The Morgan fingerprint density at radius 3 is 2.42 bits per heavy atom. The smallest absolute Gasteiger partial charge is 0.307 e. The summed E-state index contributed by atoms with van der Waals surface area (Å²) in [6, 6.07) is 9.59. The van der Waals surface area contributed by atoms with Gasteiger partial charge < -0.3 is 24.1 Å². The van der Waals surface area contributed by atoms with Gasteiger partial charge in [0, 0.05) is 5.56 Å². The van der Waals surface area contributed by atoms with E-state index in [1.807, 2.05) is 6.92 Å². The third-order valence-electron chi connectivity index (χ3n) is 5.16. The maximum absolute atomic E-state index is 13.3. The second kappa shape index (κ2) is 10.6. The molecule has 1 amide bonds. The van der Waals surface area contributed by atoms with Gasteiger partial charge in [0.2, 0.25) is 0 Å². The standard InChI is InChI=1S/C24H25FN2O6/c1-14-19(15(2)33-27-14)13-32-21-10-7-17(11-22(21)30-3)24(29)26-20(12-23(28)31-4)16-5-8-18(25)9-6-16/h5-11,20H,12-13H2,1-4H3,(H,26,29). The van der Waals surface area contributed by atoms with E-state index in [0.29, 0.717) is 28.4 Å². The molecule has 174 valence electrons. The molecule has 0 aliphatic carbocycles. The summed E-state index contributed by atoms with van der Waals surface area (Å²) in [5.41, 5.74) is 2.44. The number of benzene rings is 2. The molecule has 3 rings (SSSR count). The number of halogens is 1. The first-order valence-electron chi connectivity index (χ1n) is 10.2. The van der Waals surface area contributed by atoms with Gasteiger partial charge in [-0.05, 0) is 49.7 Å². The lowest BCUT2D eigenvalue weighted by molar-refractivity contribution is -0.141. The number of nitrogens with one attached hydrogen (secondary N) is 1. The third kappa shape index (κ3) is 5.88. The van der Waals surface area contributed by atoms with E-state index in [0.717, 1.165) is 11.3 Å². The third-order valence-corrected chi connectivity index (χ3v) is 5.16. The molecule has 33 heavy (non-hydrogen) atoms. The number of methoxy groups -OCH3 is 2. The quantitative estimate of drug-likeness (QED) is 0.485. The fourth-order valence-corrected chi connectivity index (χ4v) is 3.22. The predicted molar refractivity (Wildman–Crippen MR) is 117 cm³/mol. The minimum Gasteiger partial charge on any atom is -0.493 e. The average Bonchev–Trinajstić information content (AvgIpc) is 3.14. The summed E-state index contributed by atoms with van der Waals surface area (Å²) >= 11 is 0.